The summed E-state index contributed by atoms with van der Waals surface area (Å²) in [7, 11) is 0. The molecular weight excluding hydrogens is 402 g/mol. The fraction of sp³-hybridized carbons (Fsp3) is 0.235. The van der Waals surface area contributed by atoms with E-state index in [1.807, 2.05) is 19.9 Å². The van der Waals surface area contributed by atoms with Gasteiger partial charge in [-0.05, 0) is 30.2 Å². The lowest BCUT2D eigenvalue weighted by molar-refractivity contribution is -0.384. The number of aromatic nitrogens is 3. The monoisotopic (exact) mass is 417 g/mol. The molecule has 26 heavy (non-hydrogen) atoms. The maximum absolute atomic E-state index is 11.3. The quantitative estimate of drug-likeness (QED) is 0.460. The van der Waals surface area contributed by atoms with Crippen LogP contribution in [0.1, 0.15) is 25.8 Å². The van der Waals surface area contributed by atoms with Crippen molar-refractivity contribution in [1.29, 1.82) is 0 Å². The first kappa shape index (κ1) is 18.0. The molecule has 3 rings (SSSR count). The van der Waals surface area contributed by atoms with Gasteiger partial charge < -0.3 is 9.84 Å². The van der Waals surface area contributed by atoms with E-state index < -0.39 is 4.92 Å². The molecule has 1 atom stereocenters. The molecule has 1 N–H and O–H groups in total. The zero-order valence-corrected chi connectivity index (χ0v) is 15.7. The third-order valence-corrected chi connectivity index (χ3v) is 4.25. The number of hydrogen-bond acceptors (Lipinski definition) is 7. The minimum absolute atomic E-state index is 0.0305. The number of nitro groups is 1. The van der Waals surface area contributed by atoms with Crippen molar-refractivity contribution >= 4 is 27.3 Å². The molecule has 134 valence electrons. The Labute approximate surface area is 157 Å². The Morgan fingerprint density at radius 2 is 2.12 bits per heavy atom. The summed E-state index contributed by atoms with van der Waals surface area (Å²) >= 11 is 3.25. The first-order valence-electron chi connectivity index (χ1n) is 7.90. The van der Waals surface area contributed by atoms with Crippen LogP contribution >= 0.6 is 15.9 Å². The maximum atomic E-state index is 11.3. The van der Waals surface area contributed by atoms with Gasteiger partial charge >= 0.3 is 0 Å². The minimum atomic E-state index is -0.431. The molecule has 8 nitrogen and oxygen atoms in total. The molecule has 0 radical (unpaired) electrons. The first-order chi connectivity index (χ1) is 12.5. The van der Waals surface area contributed by atoms with Gasteiger partial charge in [-0.2, -0.15) is 4.98 Å². The number of nitro benzene ring substituents is 1. The van der Waals surface area contributed by atoms with Crippen LogP contribution in [0.25, 0.3) is 11.4 Å². The molecule has 0 saturated carbocycles. The number of hydrogen-bond donors (Lipinski definition) is 1. The SMILES string of the molecule is CC(C)C(Nc1ccc(Br)cc1[N+](=O)[O-])c1nc(-c2cccnc2)no1. The fourth-order valence-electron chi connectivity index (χ4n) is 2.43. The second-order valence-corrected chi connectivity index (χ2v) is 6.90. The second kappa shape index (κ2) is 7.61. The predicted molar refractivity (Wildman–Crippen MR) is 99.5 cm³/mol. The van der Waals surface area contributed by atoms with Crippen molar-refractivity contribution in [3.05, 3.63) is 63.2 Å². The standard InChI is InChI=1S/C17H16BrN5O3/c1-10(2)15(20-13-6-5-12(18)8-14(13)23(24)25)17-21-16(22-26-17)11-4-3-7-19-9-11/h3-10,15,20H,1-2H3. The number of nitrogens with one attached hydrogen (secondary N) is 1. The largest absolute Gasteiger partial charge is 0.368 e. The number of halogens is 1. The molecule has 0 aliphatic carbocycles. The Balaban J connectivity index is 1.92. The molecule has 2 heterocycles. The van der Waals surface area contributed by atoms with Crippen molar-refractivity contribution in [2.75, 3.05) is 5.32 Å². The molecule has 0 aliphatic rings. The highest BCUT2D eigenvalue weighted by Crippen LogP contribution is 2.33. The Morgan fingerprint density at radius 3 is 2.77 bits per heavy atom. The Kier molecular flexibility index (Phi) is 5.27. The van der Waals surface area contributed by atoms with Gasteiger partial charge in [-0.1, -0.05) is 34.9 Å². The molecular formula is C17H16BrN5O3. The minimum Gasteiger partial charge on any atom is -0.368 e. The van der Waals surface area contributed by atoms with Gasteiger partial charge in [-0.15, -0.1) is 0 Å². The summed E-state index contributed by atoms with van der Waals surface area (Å²) in [4.78, 5) is 19.4. The summed E-state index contributed by atoms with van der Waals surface area (Å²) in [6.07, 6.45) is 3.31. The van der Waals surface area contributed by atoms with E-state index in [0.29, 0.717) is 21.9 Å². The molecule has 0 saturated heterocycles. The van der Waals surface area contributed by atoms with Gasteiger partial charge in [-0.25, -0.2) is 0 Å². The summed E-state index contributed by atoms with van der Waals surface area (Å²) in [5.74, 6) is 0.836. The Hall–Kier alpha value is -2.81. The molecule has 1 aromatic carbocycles. The van der Waals surface area contributed by atoms with Gasteiger partial charge in [0.2, 0.25) is 11.7 Å². The van der Waals surface area contributed by atoms with E-state index in [9.17, 15) is 10.1 Å². The van der Waals surface area contributed by atoms with Crippen molar-refractivity contribution in [2.24, 2.45) is 5.92 Å². The van der Waals surface area contributed by atoms with Gasteiger partial charge in [0.05, 0.1) is 4.92 Å². The fourth-order valence-corrected chi connectivity index (χ4v) is 2.78. The van der Waals surface area contributed by atoms with Crippen LogP contribution in [-0.4, -0.2) is 20.0 Å². The van der Waals surface area contributed by atoms with Gasteiger partial charge in [0.1, 0.15) is 11.7 Å². The van der Waals surface area contributed by atoms with Gasteiger partial charge in [-0.3, -0.25) is 15.1 Å². The first-order valence-corrected chi connectivity index (χ1v) is 8.69. The van der Waals surface area contributed by atoms with Gasteiger partial charge in [0.25, 0.3) is 5.69 Å². The predicted octanol–water partition coefficient (Wildman–Crippen LogP) is 4.61. The summed E-state index contributed by atoms with van der Waals surface area (Å²) in [6, 6.07) is 8.08. The van der Waals surface area contributed by atoms with Gasteiger partial charge in [0.15, 0.2) is 0 Å². The normalized spacial score (nSPS) is 12.2. The lowest BCUT2D eigenvalue weighted by Crippen LogP contribution is -2.18. The van der Waals surface area contributed by atoms with Crippen LogP contribution in [0.2, 0.25) is 0 Å². The molecule has 0 bridgehead atoms. The summed E-state index contributed by atoms with van der Waals surface area (Å²) in [5.41, 5.74) is 1.09. The number of nitrogens with zero attached hydrogens (tertiary/aromatic N) is 4. The van der Waals surface area contributed by atoms with Crippen LogP contribution < -0.4 is 5.32 Å². The smallest absolute Gasteiger partial charge is 0.293 e. The third-order valence-electron chi connectivity index (χ3n) is 3.76. The molecule has 0 fully saturated rings. The number of benzene rings is 1. The lowest BCUT2D eigenvalue weighted by atomic mass is 10.0. The van der Waals surface area contributed by atoms with Crippen molar-refractivity contribution in [1.82, 2.24) is 15.1 Å². The number of anilines is 1. The summed E-state index contributed by atoms with van der Waals surface area (Å²) in [5, 5.41) is 18.5. The van der Waals surface area contributed by atoms with Crippen molar-refractivity contribution < 1.29 is 9.45 Å². The van der Waals surface area contributed by atoms with Gasteiger partial charge in [0, 0.05) is 28.5 Å². The molecule has 0 aliphatic heterocycles. The average Bonchev–Trinajstić information content (AvgIpc) is 3.10. The van der Waals surface area contributed by atoms with Crippen molar-refractivity contribution in [2.45, 2.75) is 19.9 Å². The Bertz CT molecular complexity index is 914. The van der Waals surface area contributed by atoms with E-state index in [1.54, 1.807) is 30.6 Å². The molecule has 3 aromatic rings. The molecule has 1 unspecified atom stereocenters. The zero-order valence-electron chi connectivity index (χ0n) is 14.1. The molecule has 0 amide bonds. The van der Waals surface area contributed by atoms with Crippen LogP contribution in [0.5, 0.6) is 0 Å². The highest BCUT2D eigenvalue weighted by Gasteiger charge is 2.26. The van der Waals surface area contributed by atoms with Crippen LogP contribution in [-0.2, 0) is 0 Å². The molecule has 2 aromatic heterocycles. The zero-order chi connectivity index (χ0) is 18.7. The van der Waals surface area contributed by atoms with Crippen LogP contribution in [0.3, 0.4) is 0 Å². The van der Waals surface area contributed by atoms with Crippen LogP contribution in [0, 0.1) is 16.0 Å². The average molecular weight is 418 g/mol. The van der Waals surface area contributed by atoms with E-state index in [1.165, 1.54) is 6.07 Å². The number of pyridine rings is 1. The van der Waals surface area contributed by atoms with E-state index in [0.717, 1.165) is 5.56 Å². The van der Waals surface area contributed by atoms with E-state index in [-0.39, 0.29) is 17.6 Å². The topological polar surface area (TPSA) is 107 Å². The molecule has 0 spiro atoms. The van der Waals surface area contributed by atoms with E-state index in [2.05, 4.69) is 36.4 Å². The van der Waals surface area contributed by atoms with Crippen LogP contribution in [0.15, 0.2) is 51.7 Å². The van der Waals surface area contributed by atoms with Crippen molar-refractivity contribution in [3.63, 3.8) is 0 Å². The van der Waals surface area contributed by atoms with E-state index >= 15 is 0 Å². The third kappa shape index (κ3) is 3.88. The maximum Gasteiger partial charge on any atom is 0.293 e. The highest BCUT2D eigenvalue weighted by atomic mass is 79.9. The summed E-state index contributed by atoms with van der Waals surface area (Å²) in [6.45, 7) is 3.94. The Morgan fingerprint density at radius 1 is 1.31 bits per heavy atom. The van der Waals surface area contributed by atoms with Crippen molar-refractivity contribution in [3.8, 4) is 11.4 Å². The lowest BCUT2D eigenvalue weighted by Gasteiger charge is -2.19. The summed E-state index contributed by atoms with van der Waals surface area (Å²) < 4.78 is 6.04. The number of rotatable bonds is 6. The van der Waals surface area contributed by atoms with Crippen LogP contribution in [0.4, 0.5) is 11.4 Å². The highest BCUT2D eigenvalue weighted by molar-refractivity contribution is 9.10. The second-order valence-electron chi connectivity index (χ2n) is 5.98. The molecule has 9 heteroatoms. The van der Waals surface area contributed by atoms with E-state index in [4.69, 9.17) is 4.52 Å².